The summed E-state index contributed by atoms with van der Waals surface area (Å²) in [6, 6.07) is 0. The molecular formula is C20H42BNO2. The van der Waals surface area contributed by atoms with Crippen LogP contribution in [0.1, 0.15) is 76.2 Å². The first-order valence-corrected chi connectivity index (χ1v) is 8.97. The summed E-state index contributed by atoms with van der Waals surface area (Å²) in [5.74, 6) is 0. The third-order valence-electron chi connectivity index (χ3n) is 3.73. The summed E-state index contributed by atoms with van der Waals surface area (Å²) in [6.45, 7) is 29.6. The van der Waals surface area contributed by atoms with Gasteiger partial charge in [0.15, 0.2) is 0 Å². The molecule has 0 aromatic rings. The van der Waals surface area contributed by atoms with Crippen molar-refractivity contribution < 1.29 is 9.31 Å². The van der Waals surface area contributed by atoms with Gasteiger partial charge < -0.3 is 14.6 Å². The van der Waals surface area contributed by atoms with E-state index in [1.807, 2.05) is 61.6 Å². The molecule has 24 heavy (non-hydrogen) atoms. The Morgan fingerprint density at radius 1 is 0.917 bits per heavy atom. The van der Waals surface area contributed by atoms with Gasteiger partial charge in [-0.1, -0.05) is 52.5 Å². The molecule has 1 saturated heterocycles. The van der Waals surface area contributed by atoms with E-state index in [0.717, 1.165) is 11.2 Å². The van der Waals surface area contributed by atoms with Gasteiger partial charge in [-0.2, -0.15) is 0 Å². The Hall–Kier alpha value is -0.995. The van der Waals surface area contributed by atoms with E-state index in [9.17, 15) is 0 Å². The van der Waals surface area contributed by atoms with Crippen molar-refractivity contribution in [3.05, 3.63) is 36.0 Å². The van der Waals surface area contributed by atoms with E-state index in [1.54, 1.807) is 0 Å². The third-order valence-corrected chi connectivity index (χ3v) is 3.73. The van der Waals surface area contributed by atoms with Crippen LogP contribution in [0.25, 0.3) is 0 Å². The summed E-state index contributed by atoms with van der Waals surface area (Å²) in [7, 11) is 1.57. The van der Waals surface area contributed by atoms with Crippen molar-refractivity contribution in [1.82, 2.24) is 5.32 Å². The van der Waals surface area contributed by atoms with Crippen molar-refractivity contribution in [3.8, 4) is 0 Å². The molecule has 1 aliphatic rings. The molecule has 0 saturated carbocycles. The van der Waals surface area contributed by atoms with Crippen LogP contribution in [0.15, 0.2) is 36.0 Å². The summed E-state index contributed by atoms with van der Waals surface area (Å²) < 4.78 is 11.9. The zero-order chi connectivity index (χ0) is 20.1. The lowest BCUT2D eigenvalue weighted by atomic mass is 9.76. The minimum atomic E-state index is -0.280. The number of rotatable bonds is 3. The summed E-state index contributed by atoms with van der Waals surface area (Å²) in [5.41, 5.74) is 2.67. The molecule has 142 valence electrons. The fourth-order valence-corrected chi connectivity index (χ4v) is 1.51. The first-order valence-electron chi connectivity index (χ1n) is 8.97. The average molecular weight is 339 g/mol. The Bertz CT molecular complexity index is 378. The van der Waals surface area contributed by atoms with Gasteiger partial charge in [0, 0.05) is 7.05 Å². The highest BCUT2D eigenvalue weighted by atomic mass is 16.7. The molecule has 0 radical (unpaired) electrons. The normalized spacial score (nSPS) is 16.1. The number of hydrogen-bond acceptors (Lipinski definition) is 3. The molecule has 1 aliphatic heterocycles. The maximum Gasteiger partial charge on any atom is 0.494 e. The van der Waals surface area contributed by atoms with Gasteiger partial charge in [-0.05, 0) is 59.6 Å². The molecule has 1 fully saturated rings. The summed E-state index contributed by atoms with van der Waals surface area (Å²) in [4.78, 5) is 0. The predicted molar refractivity (Wildman–Crippen MR) is 111 cm³/mol. The molecule has 0 amide bonds. The molecule has 1 rings (SSSR count). The molecule has 0 atom stereocenters. The lowest BCUT2D eigenvalue weighted by Crippen LogP contribution is -2.41. The van der Waals surface area contributed by atoms with E-state index >= 15 is 0 Å². The minimum Gasteiger partial charge on any atom is -0.399 e. The molecule has 0 aromatic carbocycles. The molecule has 0 aliphatic carbocycles. The second-order valence-corrected chi connectivity index (χ2v) is 6.28. The zero-order valence-corrected chi connectivity index (χ0v) is 18.4. The van der Waals surface area contributed by atoms with E-state index < -0.39 is 0 Å². The van der Waals surface area contributed by atoms with Crippen LogP contribution in [0.5, 0.6) is 0 Å². The molecule has 0 bridgehead atoms. The summed E-state index contributed by atoms with van der Waals surface area (Å²) in [5, 5.41) is 2.83. The van der Waals surface area contributed by atoms with Crippen molar-refractivity contribution in [2.24, 2.45) is 0 Å². The first kappa shape index (κ1) is 27.8. The van der Waals surface area contributed by atoms with E-state index in [1.165, 1.54) is 5.57 Å². The van der Waals surface area contributed by atoms with Gasteiger partial charge in [-0.3, -0.25) is 0 Å². The van der Waals surface area contributed by atoms with E-state index in [4.69, 9.17) is 9.31 Å². The largest absolute Gasteiger partial charge is 0.494 e. The fraction of sp³-hybridized carbons (Fsp3) is 0.700. The number of allylic oxidation sites excluding steroid dienone is 4. The van der Waals surface area contributed by atoms with Crippen LogP contribution in [-0.4, -0.2) is 25.4 Å². The Kier molecular flexibility index (Phi) is 15.4. The van der Waals surface area contributed by atoms with E-state index in [0.29, 0.717) is 0 Å². The minimum absolute atomic E-state index is 0.276. The fourth-order valence-electron chi connectivity index (χ4n) is 1.51. The van der Waals surface area contributed by atoms with Crippen LogP contribution in [0.3, 0.4) is 0 Å². The van der Waals surface area contributed by atoms with Crippen LogP contribution < -0.4 is 5.32 Å². The second-order valence-electron chi connectivity index (χ2n) is 6.28. The summed E-state index contributed by atoms with van der Waals surface area (Å²) >= 11 is 0. The lowest BCUT2D eigenvalue weighted by molar-refractivity contribution is 0.00578. The molecule has 0 unspecified atom stereocenters. The van der Waals surface area contributed by atoms with Crippen molar-refractivity contribution in [1.29, 1.82) is 0 Å². The van der Waals surface area contributed by atoms with Crippen molar-refractivity contribution in [2.45, 2.75) is 87.4 Å². The Labute approximate surface area is 152 Å². The third kappa shape index (κ3) is 9.34. The van der Waals surface area contributed by atoms with Crippen LogP contribution in [0, 0.1) is 0 Å². The predicted octanol–water partition coefficient (Wildman–Crippen LogP) is 5.93. The van der Waals surface area contributed by atoms with E-state index in [-0.39, 0.29) is 18.3 Å². The van der Waals surface area contributed by atoms with Gasteiger partial charge in [0.2, 0.25) is 0 Å². The lowest BCUT2D eigenvalue weighted by Gasteiger charge is -2.32. The van der Waals surface area contributed by atoms with Crippen LogP contribution in [0.2, 0.25) is 0 Å². The molecule has 1 heterocycles. The average Bonchev–Trinajstić information content (AvgIpc) is 2.72. The van der Waals surface area contributed by atoms with Gasteiger partial charge in [0.1, 0.15) is 0 Å². The van der Waals surface area contributed by atoms with Crippen molar-refractivity contribution in [3.63, 3.8) is 0 Å². The van der Waals surface area contributed by atoms with Gasteiger partial charge in [-0.15, -0.1) is 0 Å². The monoisotopic (exact) mass is 339 g/mol. The molecule has 4 heteroatoms. The molecule has 0 aromatic heterocycles. The smallest absolute Gasteiger partial charge is 0.399 e. The Balaban J connectivity index is -0.000000413. The number of nitrogens with one attached hydrogen (secondary N) is 1. The SMILES string of the molecule is C=C(C)NC.C=CC(B1OC(C)(C)C(C)(C)O1)=C(C)C.CC.CC. The zero-order valence-electron chi connectivity index (χ0n) is 18.4. The summed E-state index contributed by atoms with van der Waals surface area (Å²) in [6.07, 6.45) is 1.82. The van der Waals surface area contributed by atoms with Gasteiger partial charge in [0.05, 0.1) is 11.2 Å². The quantitative estimate of drug-likeness (QED) is 0.510. The van der Waals surface area contributed by atoms with Crippen LogP contribution >= 0.6 is 0 Å². The topological polar surface area (TPSA) is 30.5 Å². The van der Waals surface area contributed by atoms with Gasteiger partial charge >= 0.3 is 7.12 Å². The molecule has 1 N–H and O–H groups in total. The number of hydrogen-bond donors (Lipinski definition) is 1. The Morgan fingerprint density at radius 2 is 1.21 bits per heavy atom. The first-order chi connectivity index (χ1) is 11.0. The Morgan fingerprint density at radius 3 is 1.38 bits per heavy atom. The maximum atomic E-state index is 5.93. The highest BCUT2D eigenvalue weighted by Crippen LogP contribution is 2.39. The second kappa shape index (κ2) is 13.3. The molecule has 0 spiro atoms. The standard InChI is InChI=1S/C12H21BO2.C4H9N.2C2H6/c1-8-10(9(2)3)13-14-11(4,5)12(6,7)15-13;1-4(2)5-3;2*1-2/h8H,1H2,2-7H3;5H,1H2,2-3H3;2*1-2H3. The maximum absolute atomic E-state index is 5.93. The molecular weight excluding hydrogens is 297 g/mol. The van der Waals surface area contributed by atoms with Crippen molar-refractivity contribution >= 4 is 7.12 Å². The van der Waals surface area contributed by atoms with Gasteiger partial charge in [0.25, 0.3) is 0 Å². The van der Waals surface area contributed by atoms with Crippen LogP contribution in [-0.2, 0) is 9.31 Å². The molecule has 3 nitrogen and oxygen atoms in total. The van der Waals surface area contributed by atoms with Gasteiger partial charge in [-0.25, -0.2) is 0 Å². The highest BCUT2D eigenvalue weighted by molar-refractivity contribution is 6.55. The van der Waals surface area contributed by atoms with Crippen molar-refractivity contribution in [2.75, 3.05) is 7.05 Å². The highest BCUT2D eigenvalue weighted by Gasteiger charge is 2.52. The van der Waals surface area contributed by atoms with Crippen LogP contribution in [0.4, 0.5) is 0 Å². The van der Waals surface area contributed by atoms with E-state index in [2.05, 4.69) is 46.2 Å².